The minimum absolute atomic E-state index is 0.0189. The molecule has 2 amide bonds. The summed E-state index contributed by atoms with van der Waals surface area (Å²) in [6.07, 6.45) is 5.25. The molecular weight excluding hydrogens is 360 g/mol. The fraction of sp³-hybridized carbons (Fsp3) is 0.440. The fourth-order valence-electron chi connectivity index (χ4n) is 4.83. The lowest BCUT2D eigenvalue weighted by atomic mass is 9.72. The van der Waals surface area contributed by atoms with Crippen molar-refractivity contribution in [2.24, 2.45) is 17.8 Å². The first-order valence-corrected chi connectivity index (χ1v) is 10.8. The molecule has 0 aromatic heterocycles. The highest BCUT2D eigenvalue weighted by Gasteiger charge is 2.38. The van der Waals surface area contributed by atoms with Gasteiger partial charge in [0, 0.05) is 24.1 Å². The van der Waals surface area contributed by atoms with Gasteiger partial charge in [-0.15, -0.1) is 0 Å². The monoisotopic (exact) mass is 390 g/mol. The molecule has 1 saturated carbocycles. The van der Waals surface area contributed by atoms with Crippen molar-refractivity contribution in [3.63, 3.8) is 0 Å². The number of fused-ring (bicyclic) bond motifs is 1. The summed E-state index contributed by atoms with van der Waals surface area (Å²) in [4.78, 5) is 24.9. The van der Waals surface area contributed by atoms with E-state index in [1.165, 1.54) is 12.8 Å². The first kappa shape index (κ1) is 19.7. The number of piperidine rings is 1. The zero-order chi connectivity index (χ0) is 20.2. The van der Waals surface area contributed by atoms with Crippen LogP contribution in [-0.4, -0.2) is 24.4 Å². The first-order chi connectivity index (χ1) is 14.1. The maximum Gasteiger partial charge on any atom is 0.251 e. The van der Waals surface area contributed by atoms with E-state index in [0.717, 1.165) is 24.0 Å². The fourth-order valence-corrected chi connectivity index (χ4v) is 4.83. The second-order valence-electron chi connectivity index (χ2n) is 8.71. The van der Waals surface area contributed by atoms with Crippen molar-refractivity contribution in [1.29, 1.82) is 0 Å². The molecular formula is C25H30N2O2. The SMILES string of the molecule is CC1CCC2CC(CCNC(=O)c3ccc(-c4ccccc4)cc3)C(=O)NC2C1. The van der Waals surface area contributed by atoms with Crippen molar-refractivity contribution >= 4 is 11.8 Å². The highest BCUT2D eigenvalue weighted by Crippen LogP contribution is 2.36. The number of hydrogen-bond donors (Lipinski definition) is 2. The van der Waals surface area contributed by atoms with Crippen LogP contribution in [0, 0.1) is 17.8 Å². The van der Waals surface area contributed by atoms with Crippen LogP contribution in [-0.2, 0) is 4.79 Å². The van der Waals surface area contributed by atoms with E-state index in [9.17, 15) is 9.59 Å². The summed E-state index contributed by atoms with van der Waals surface area (Å²) in [5.74, 6) is 1.42. The Morgan fingerprint density at radius 1 is 1.00 bits per heavy atom. The summed E-state index contributed by atoms with van der Waals surface area (Å²) in [7, 11) is 0. The van der Waals surface area contributed by atoms with Gasteiger partial charge in [0.1, 0.15) is 0 Å². The molecule has 2 fully saturated rings. The van der Waals surface area contributed by atoms with E-state index in [4.69, 9.17) is 0 Å². The third-order valence-corrected chi connectivity index (χ3v) is 6.57. The van der Waals surface area contributed by atoms with Crippen molar-refractivity contribution in [1.82, 2.24) is 10.6 Å². The predicted octanol–water partition coefficient (Wildman–Crippen LogP) is 4.41. The minimum Gasteiger partial charge on any atom is -0.353 e. The summed E-state index contributed by atoms with van der Waals surface area (Å²) in [5.41, 5.74) is 2.88. The van der Waals surface area contributed by atoms with E-state index < -0.39 is 0 Å². The summed E-state index contributed by atoms with van der Waals surface area (Å²) < 4.78 is 0. The lowest BCUT2D eigenvalue weighted by molar-refractivity contribution is -0.130. The molecule has 29 heavy (non-hydrogen) atoms. The third kappa shape index (κ3) is 4.69. The van der Waals surface area contributed by atoms with Gasteiger partial charge in [0.2, 0.25) is 5.91 Å². The molecule has 152 valence electrons. The van der Waals surface area contributed by atoms with Crippen LogP contribution in [0.4, 0.5) is 0 Å². The molecule has 2 aliphatic rings. The Balaban J connectivity index is 1.27. The molecule has 2 aromatic rings. The Morgan fingerprint density at radius 2 is 1.72 bits per heavy atom. The van der Waals surface area contributed by atoms with Gasteiger partial charge in [0.25, 0.3) is 5.91 Å². The van der Waals surface area contributed by atoms with Crippen LogP contribution in [0.3, 0.4) is 0 Å². The largest absolute Gasteiger partial charge is 0.353 e. The lowest BCUT2D eigenvalue weighted by Crippen LogP contribution is -2.52. The molecule has 0 radical (unpaired) electrons. The van der Waals surface area contributed by atoms with Crippen LogP contribution < -0.4 is 10.6 Å². The van der Waals surface area contributed by atoms with Gasteiger partial charge in [-0.25, -0.2) is 0 Å². The standard InChI is InChI=1S/C25H30N2O2/c1-17-7-8-21-16-22(25(29)27-23(21)15-17)13-14-26-24(28)20-11-9-19(10-12-20)18-5-3-2-4-6-18/h2-6,9-12,17,21-23H,7-8,13-16H2,1H3,(H,26,28)(H,27,29). The van der Waals surface area contributed by atoms with Gasteiger partial charge in [-0.1, -0.05) is 55.8 Å². The average molecular weight is 391 g/mol. The third-order valence-electron chi connectivity index (χ3n) is 6.57. The molecule has 4 unspecified atom stereocenters. The first-order valence-electron chi connectivity index (χ1n) is 10.8. The molecule has 4 nitrogen and oxygen atoms in total. The summed E-state index contributed by atoms with van der Waals surface area (Å²) in [6.45, 7) is 2.81. The Morgan fingerprint density at radius 3 is 2.48 bits per heavy atom. The highest BCUT2D eigenvalue weighted by molar-refractivity contribution is 5.94. The number of benzene rings is 2. The molecule has 4 atom stereocenters. The van der Waals surface area contributed by atoms with Crippen LogP contribution in [0.5, 0.6) is 0 Å². The Kier molecular flexibility index (Phi) is 5.98. The van der Waals surface area contributed by atoms with Gasteiger partial charge >= 0.3 is 0 Å². The minimum atomic E-state index is -0.0785. The number of rotatable bonds is 5. The van der Waals surface area contributed by atoms with Gasteiger partial charge in [-0.2, -0.15) is 0 Å². The van der Waals surface area contributed by atoms with E-state index in [1.807, 2.05) is 42.5 Å². The van der Waals surface area contributed by atoms with Gasteiger partial charge in [0.05, 0.1) is 0 Å². The van der Waals surface area contributed by atoms with Crippen LogP contribution in [0.25, 0.3) is 11.1 Å². The average Bonchev–Trinajstić information content (AvgIpc) is 2.75. The topological polar surface area (TPSA) is 58.2 Å². The molecule has 4 heteroatoms. The number of amides is 2. The second-order valence-corrected chi connectivity index (χ2v) is 8.71. The number of hydrogen-bond acceptors (Lipinski definition) is 2. The molecule has 2 N–H and O–H groups in total. The number of nitrogens with one attached hydrogen (secondary N) is 2. The van der Waals surface area contributed by atoms with Crippen molar-refractivity contribution in [3.05, 3.63) is 60.2 Å². The maximum atomic E-state index is 12.5. The lowest BCUT2D eigenvalue weighted by Gasteiger charge is -2.41. The molecule has 0 spiro atoms. The van der Waals surface area contributed by atoms with E-state index in [-0.39, 0.29) is 17.7 Å². The van der Waals surface area contributed by atoms with E-state index in [2.05, 4.69) is 29.7 Å². The van der Waals surface area contributed by atoms with E-state index >= 15 is 0 Å². The van der Waals surface area contributed by atoms with Gasteiger partial charge in [-0.05, 0) is 60.8 Å². The molecule has 1 heterocycles. The second kappa shape index (κ2) is 8.81. The number of carbonyl (C=O) groups excluding carboxylic acids is 2. The molecule has 1 aliphatic heterocycles. The Hall–Kier alpha value is -2.62. The van der Waals surface area contributed by atoms with Crippen molar-refractivity contribution in [3.8, 4) is 11.1 Å². The maximum absolute atomic E-state index is 12.5. The Labute approximate surface area is 173 Å². The van der Waals surface area contributed by atoms with Gasteiger partial charge in [0.15, 0.2) is 0 Å². The molecule has 0 bridgehead atoms. The van der Waals surface area contributed by atoms with Crippen LogP contribution in [0.2, 0.25) is 0 Å². The van der Waals surface area contributed by atoms with E-state index in [0.29, 0.717) is 36.4 Å². The summed E-state index contributed by atoms with van der Waals surface area (Å²) in [6, 6.07) is 18.2. The molecule has 1 saturated heterocycles. The van der Waals surface area contributed by atoms with Gasteiger partial charge in [-0.3, -0.25) is 9.59 Å². The smallest absolute Gasteiger partial charge is 0.251 e. The molecule has 4 rings (SSSR count). The van der Waals surface area contributed by atoms with Crippen LogP contribution in [0.15, 0.2) is 54.6 Å². The zero-order valence-corrected chi connectivity index (χ0v) is 17.1. The summed E-state index contributed by atoms with van der Waals surface area (Å²) >= 11 is 0. The quantitative estimate of drug-likeness (QED) is 0.794. The molecule has 2 aromatic carbocycles. The normalized spacial score (nSPS) is 26.3. The van der Waals surface area contributed by atoms with Crippen molar-refractivity contribution in [2.45, 2.75) is 45.1 Å². The molecule has 1 aliphatic carbocycles. The van der Waals surface area contributed by atoms with Crippen molar-refractivity contribution < 1.29 is 9.59 Å². The van der Waals surface area contributed by atoms with E-state index in [1.54, 1.807) is 0 Å². The predicted molar refractivity (Wildman–Crippen MR) is 115 cm³/mol. The highest BCUT2D eigenvalue weighted by atomic mass is 16.2. The summed E-state index contributed by atoms with van der Waals surface area (Å²) in [5, 5.41) is 6.22. The van der Waals surface area contributed by atoms with Crippen LogP contribution in [0.1, 0.15) is 49.4 Å². The van der Waals surface area contributed by atoms with Crippen molar-refractivity contribution in [2.75, 3.05) is 6.54 Å². The Bertz CT molecular complexity index is 847. The zero-order valence-electron chi connectivity index (χ0n) is 17.1. The van der Waals surface area contributed by atoms with Gasteiger partial charge < -0.3 is 10.6 Å². The number of carbonyl (C=O) groups is 2. The van der Waals surface area contributed by atoms with Crippen LogP contribution >= 0.6 is 0 Å².